The first-order valence-electron chi connectivity index (χ1n) is 10.7. The van der Waals surface area contributed by atoms with Crippen LogP contribution in [0.4, 0.5) is 5.82 Å². The van der Waals surface area contributed by atoms with E-state index in [4.69, 9.17) is 11.6 Å². The van der Waals surface area contributed by atoms with Crippen LogP contribution in [0, 0.1) is 12.8 Å². The molecule has 8 heteroatoms. The molecule has 3 atom stereocenters. The molecular weight excluding hydrogens is 428 g/mol. The number of nitrogens with one attached hydrogen (secondary N) is 1. The largest absolute Gasteiger partial charge is 0.337 e. The number of aromatic nitrogens is 2. The van der Waals surface area contributed by atoms with Crippen LogP contribution in [0.3, 0.4) is 0 Å². The molecule has 0 radical (unpaired) electrons. The molecule has 0 spiro atoms. The second-order valence-electron chi connectivity index (χ2n) is 8.70. The van der Waals surface area contributed by atoms with Gasteiger partial charge in [0.2, 0.25) is 11.8 Å². The van der Waals surface area contributed by atoms with E-state index in [0.29, 0.717) is 28.9 Å². The van der Waals surface area contributed by atoms with Crippen molar-refractivity contribution in [2.24, 2.45) is 5.92 Å². The molecule has 0 unspecified atom stereocenters. The van der Waals surface area contributed by atoms with E-state index in [1.807, 2.05) is 29.7 Å². The van der Waals surface area contributed by atoms with Crippen LogP contribution in [0.1, 0.15) is 35.7 Å². The van der Waals surface area contributed by atoms with Crippen LogP contribution in [0.15, 0.2) is 42.6 Å². The second kappa shape index (κ2) is 7.74. The van der Waals surface area contributed by atoms with Crippen molar-refractivity contribution in [1.29, 1.82) is 0 Å². The highest BCUT2D eigenvalue weighted by Crippen LogP contribution is 2.48. The monoisotopic (exact) mass is 450 g/mol. The predicted octanol–water partition coefficient (Wildman–Crippen LogP) is 3.83. The van der Waals surface area contributed by atoms with Gasteiger partial charge >= 0.3 is 0 Å². The molecule has 164 valence electrons. The van der Waals surface area contributed by atoms with Gasteiger partial charge in [0.05, 0.1) is 0 Å². The van der Waals surface area contributed by atoms with Crippen molar-refractivity contribution in [3.05, 3.63) is 58.9 Å². The molecule has 32 heavy (non-hydrogen) atoms. The molecule has 1 aromatic carbocycles. The molecule has 5 rings (SSSR count). The number of rotatable bonds is 5. The van der Waals surface area contributed by atoms with Gasteiger partial charge in [-0.05, 0) is 56.4 Å². The van der Waals surface area contributed by atoms with Gasteiger partial charge in [-0.25, -0.2) is 4.98 Å². The number of piperidine rings is 1. The summed E-state index contributed by atoms with van der Waals surface area (Å²) in [6.07, 6.45) is 3.32. The predicted molar refractivity (Wildman–Crippen MR) is 122 cm³/mol. The lowest BCUT2D eigenvalue weighted by Crippen LogP contribution is -2.46. The molecule has 2 aromatic heterocycles. The van der Waals surface area contributed by atoms with E-state index in [9.17, 15) is 14.4 Å². The maximum Gasteiger partial charge on any atom is 0.248 e. The highest BCUT2D eigenvalue weighted by Gasteiger charge is 2.56. The number of pyridine rings is 1. The fourth-order valence-electron chi connectivity index (χ4n) is 4.78. The van der Waals surface area contributed by atoms with Gasteiger partial charge in [-0.3, -0.25) is 14.4 Å². The minimum Gasteiger partial charge on any atom is -0.337 e. The standard InChI is InChI=1S/C24H23ClN4O3/c1-13-6-7-16-17(14(2)30)11-28(19(16)8-13)12-23(31)29-18-9-15(18)10-20(29)24(32)27-22-5-3-4-21(25)26-22/h3-8,11,15,18,20H,9-10,12H2,1-2H3,(H,26,27,32)/t15-,18-,20+/m1/s1. The second-order valence-corrected chi connectivity index (χ2v) is 9.09. The van der Waals surface area contributed by atoms with Crippen LogP contribution < -0.4 is 5.32 Å². The van der Waals surface area contributed by atoms with Crippen LogP contribution in [0.2, 0.25) is 5.15 Å². The number of carbonyl (C=O) groups excluding carboxylic acids is 3. The summed E-state index contributed by atoms with van der Waals surface area (Å²) in [5.41, 5.74) is 2.49. The average molecular weight is 451 g/mol. The van der Waals surface area contributed by atoms with E-state index >= 15 is 0 Å². The Morgan fingerprint density at radius 2 is 2.00 bits per heavy atom. The van der Waals surface area contributed by atoms with Crippen molar-refractivity contribution in [2.45, 2.75) is 45.3 Å². The fourth-order valence-corrected chi connectivity index (χ4v) is 4.94. The Bertz CT molecular complexity index is 1270. The Labute approximate surface area is 190 Å². The van der Waals surface area contributed by atoms with E-state index in [0.717, 1.165) is 22.9 Å². The molecule has 2 fully saturated rings. The number of likely N-dealkylation sites (tertiary alicyclic amines) is 1. The van der Waals surface area contributed by atoms with Crippen molar-refractivity contribution >= 4 is 45.9 Å². The summed E-state index contributed by atoms with van der Waals surface area (Å²) < 4.78 is 1.82. The number of anilines is 1. The number of aryl methyl sites for hydroxylation is 1. The van der Waals surface area contributed by atoms with E-state index in [2.05, 4.69) is 10.3 Å². The molecule has 2 aliphatic rings. The first kappa shape index (κ1) is 20.7. The number of benzene rings is 1. The van der Waals surface area contributed by atoms with Crippen molar-refractivity contribution in [3.63, 3.8) is 0 Å². The molecule has 3 heterocycles. The van der Waals surface area contributed by atoms with Gasteiger partial charge in [-0.1, -0.05) is 29.8 Å². The molecule has 1 aliphatic carbocycles. The molecular formula is C24H23ClN4O3. The van der Waals surface area contributed by atoms with Crippen LogP contribution in [-0.4, -0.2) is 44.1 Å². The fraction of sp³-hybridized carbons (Fsp3) is 0.333. The Morgan fingerprint density at radius 1 is 1.19 bits per heavy atom. The summed E-state index contributed by atoms with van der Waals surface area (Å²) in [6, 6.07) is 10.4. The molecule has 1 saturated carbocycles. The number of nitrogens with zero attached hydrogens (tertiary/aromatic N) is 3. The van der Waals surface area contributed by atoms with E-state index < -0.39 is 6.04 Å². The first-order chi connectivity index (χ1) is 15.3. The molecule has 1 N–H and O–H groups in total. The number of hydrogen-bond acceptors (Lipinski definition) is 4. The van der Waals surface area contributed by atoms with Gasteiger partial charge in [-0.2, -0.15) is 0 Å². The summed E-state index contributed by atoms with van der Waals surface area (Å²) in [7, 11) is 0. The highest BCUT2D eigenvalue weighted by atomic mass is 35.5. The summed E-state index contributed by atoms with van der Waals surface area (Å²) in [6.45, 7) is 3.58. The number of hydrogen-bond donors (Lipinski definition) is 1. The van der Waals surface area contributed by atoms with Gasteiger partial charge in [0.1, 0.15) is 23.6 Å². The van der Waals surface area contributed by atoms with Gasteiger partial charge in [0, 0.05) is 28.7 Å². The summed E-state index contributed by atoms with van der Waals surface area (Å²) in [4.78, 5) is 44.3. The van der Waals surface area contributed by atoms with Crippen LogP contribution >= 0.6 is 11.6 Å². The van der Waals surface area contributed by atoms with Gasteiger partial charge in [0.15, 0.2) is 5.78 Å². The first-order valence-corrected chi connectivity index (χ1v) is 11.0. The zero-order valence-electron chi connectivity index (χ0n) is 17.8. The van der Waals surface area contributed by atoms with Gasteiger partial charge < -0.3 is 14.8 Å². The number of amides is 2. The number of Topliss-reactive ketones (excluding diaryl/α,β-unsaturated/α-hetero) is 1. The number of fused-ring (bicyclic) bond motifs is 2. The smallest absolute Gasteiger partial charge is 0.248 e. The number of carbonyl (C=O) groups is 3. The highest BCUT2D eigenvalue weighted by molar-refractivity contribution is 6.29. The van der Waals surface area contributed by atoms with E-state index in [-0.39, 0.29) is 30.2 Å². The zero-order chi connectivity index (χ0) is 22.6. The average Bonchev–Trinajstić information content (AvgIpc) is 3.25. The van der Waals surface area contributed by atoms with Crippen molar-refractivity contribution in [2.75, 3.05) is 5.32 Å². The number of ketones is 1. The Balaban J connectivity index is 1.39. The van der Waals surface area contributed by atoms with Crippen molar-refractivity contribution < 1.29 is 14.4 Å². The lowest BCUT2D eigenvalue weighted by Gasteiger charge is -2.27. The lowest BCUT2D eigenvalue weighted by molar-refractivity contribution is -0.138. The summed E-state index contributed by atoms with van der Waals surface area (Å²) >= 11 is 5.92. The Hall–Kier alpha value is -3.19. The zero-order valence-corrected chi connectivity index (χ0v) is 18.6. The maximum absolute atomic E-state index is 13.4. The van der Waals surface area contributed by atoms with Gasteiger partial charge in [-0.15, -0.1) is 0 Å². The summed E-state index contributed by atoms with van der Waals surface area (Å²) in [5.74, 6) is 0.312. The molecule has 3 aromatic rings. The Kier molecular flexibility index (Phi) is 5.01. The third-order valence-corrected chi connectivity index (χ3v) is 6.59. The lowest BCUT2D eigenvalue weighted by atomic mass is 10.1. The van der Waals surface area contributed by atoms with Crippen LogP contribution in [-0.2, 0) is 16.1 Å². The van der Waals surface area contributed by atoms with E-state index in [1.165, 1.54) is 6.92 Å². The summed E-state index contributed by atoms with van der Waals surface area (Å²) in [5, 5.41) is 3.92. The number of halogens is 1. The van der Waals surface area contributed by atoms with Crippen LogP contribution in [0.5, 0.6) is 0 Å². The molecule has 2 amide bonds. The quantitative estimate of drug-likeness (QED) is 0.473. The molecule has 0 bridgehead atoms. The minimum absolute atomic E-state index is 0.0419. The SMILES string of the molecule is CC(=O)c1cn(CC(=O)N2[C@@H]3C[C@@H]3C[C@H]2C(=O)Nc2cccc(Cl)n2)c2cc(C)ccc12. The molecule has 1 saturated heterocycles. The van der Waals surface area contributed by atoms with Gasteiger partial charge in [0.25, 0.3) is 0 Å². The van der Waals surface area contributed by atoms with Crippen molar-refractivity contribution in [1.82, 2.24) is 14.5 Å². The molecule has 7 nitrogen and oxygen atoms in total. The van der Waals surface area contributed by atoms with Crippen molar-refractivity contribution in [3.8, 4) is 0 Å². The maximum atomic E-state index is 13.4. The van der Waals surface area contributed by atoms with Crippen LogP contribution in [0.25, 0.3) is 10.9 Å². The Morgan fingerprint density at radius 3 is 2.75 bits per heavy atom. The topological polar surface area (TPSA) is 84.3 Å². The third-order valence-electron chi connectivity index (χ3n) is 6.38. The van der Waals surface area contributed by atoms with E-state index in [1.54, 1.807) is 29.3 Å². The minimum atomic E-state index is -0.539. The third kappa shape index (κ3) is 3.66. The molecule has 1 aliphatic heterocycles. The normalized spacial score (nSPS) is 21.5.